The maximum atomic E-state index is 13.0. The molecule has 2 aromatic heterocycles. The van der Waals surface area contributed by atoms with E-state index in [2.05, 4.69) is 11.4 Å². The van der Waals surface area contributed by atoms with Crippen LogP contribution in [0.1, 0.15) is 17.7 Å². The van der Waals surface area contributed by atoms with Gasteiger partial charge in [0.15, 0.2) is 0 Å². The Morgan fingerprint density at radius 1 is 1.21 bits per heavy atom. The van der Waals surface area contributed by atoms with E-state index < -0.39 is 10.0 Å². The van der Waals surface area contributed by atoms with E-state index in [-0.39, 0.29) is 11.8 Å². The number of thiophene rings is 1. The lowest BCUT2D eigenvalue weighted by Gasteiger charge is -2.30. The average Bonchev–Trinajstić information content (AvgIpc) is 3.38. The van der Waals surface area contributed by atoms with Crippen LogP contribution in [0.5, 0.6) is 0 Å². The maximum Gasteiger partial charge on any atom is 0.243 e. The molecule has 1 aromatic carbocycles. The van der Waals surface area contributed by atoms with Gasteiger partial charge in [0.25, 0.3) is 0 Å². The summed E-state index contributed by atoms with van der Waals surface area (Å²) in [5.41, 5.74) is 1.00. The van der Waals surface area contributed by atoms with Crippen molar-refractivity contribution >= 4 is 38.2 Å². The normalized spacial score (nSPS) is 16.3. The summed E-state index contributed by atoms with van der Waals surface area (Å²) in [7, 11) is -1.61. The molecule has 3 heterocycles. The number of rotatable bonds is 6. The van der Waals surface area contributed by atoms with Crippen molar-refractivity contribution in [3.63, 3.8) is 0 Å². The number of nitrogens with zero attached hydrogens (tertiary/aromatic N) is 2. The van der Waals surface area contributed by atoms with Crippen LogP contribution in [-0.2, 0) is 28.3 Å². The molecule has 0 saturated carbocycles. The van der Waals surface area contributed by atoms with Crippen LogP contribution in [0.15, 0.2) is 52.9 Å². The molecule has 29 heavy (non-hydrogen) atoms. The molecule has 1 aliphatic heterocycles. The van der Waals surface area contributed by atoms with Crippen molar-refractivity contribution in [2.45, 2.75) is 24.2 Å². The lowest BCUT2D eigenvalue weighted by molar-refractivity contribution is -0.126. The average molecular weight is 432 g/mol. The van der Waals surface area contributed by atoms with Gasteiger partial charge in [-0.15, -0.1) is 11.3 Å². The van der Waals surface area contributed by atoms with Crippen LogP contribution in [0, 0.1) is 5.92 Å². The fourth-order valence-corrected chi connectivity index (χ4v) is 6.05. The molecule has 1 N–H and O–H groups in total. The zero-order valence-electron chi connectivity index (χ0n) is 16.4. The topological polar surface area (TPSA) is 71.4 Å². The molecule has 0 unspecified atom stereocenters. The molecule has 8 heteroatoms. The van der Waals surface area contributed by atoms with Crippen LogP contribution in [0.4, 0.5) is 0 Å². The Morgan fingerprint density at radius 3 is 2.72 bits per heavy atom. The van der Waals surface area contributed by atoms with Crippen molar-refractivity contribution in [1.82, 2.24) is 14.2 Å². The molecular weight excluding hydrogens is 406 g/mol. The van der Waals surface area contributed by atoms with Gasteiger partial charge in [0, 0.05) is 54.6 Å². The Labute approximate surface area is 175 Å². The van der Waals surface area contributed by atoms with Gasteiger partial charge >= 0.3 is 0 Å². The molecule has 4 rings (SSSR count). The second-order valence-corrected chi connectivity index (χ2v) is 10.4. The second kappa shape index (κ2) is 8.30. The highest BCUT2D eigenvalue weighted by Crippen LogP contribution is 2.26. The third-order valence-corrected chi connectivity index (χ3v) is 8.40. The number of nitrogens with one attached hydrogen (secondary N) is 1. The largest absolute Gasteiger partial charge is 0.355 e. The molecule has 6 nitrogen and oxygen atoms in total. The summed E-state index contributed by atoms with van der Waals surface area (Å²) >= 11 is 1.69. The Balaban J connectivity index is 1.34. The Morgan fingerprint density at radius 2 is 2.00 bits per heavy atom. The summed E-state index contributed by atoms with van der Waals surface area (Å²) in [6.07, 6.45) is 3.86. The van der Waals surface area contributed by atoms with Gasteiger partial charge in [0.1, 0.15) is 0 Å². The second-order valence-electron chi connectivity index (χ2n) is 7.45. The van der Waals surface area contributed by atoms with Crippen LogP contribution in [0.2, 0.25) is 0 Å². The predicted octanol–water partition coefficient (Wildman–Crippen LogP) is 3.00. The van der Waals surface area contributed by atoms with E-state index in [4.69, 9.17) is 0 Å². The summed E-state index contributed by atoms with van der Waals surface area (Å²) in [5, 5.41) is 5.94. The minimum atomic E-state index is -3.55. The number of benzene rings is 1. The number of carbonyl (C=O) groups is 1. The first-order valence-corrected chi connectivity index (χ1v) is 12.1. The lowest BCUT2D eigenvalue weighted by atomic mass is 9.97. The number of piperidine rings is 1. The highest BCUT2D eigenvalue weighted by atomic mass is 32.2. The highest BCUT2D eigenvalue weighted by Gasteiger charge is 2.32. The molecule has 0 aliphatic carbocycles. The zero-order valence-corrected chi connectivity index (χ0v) is 18.0. The first-order valence-electron chi connectivity index (χ1n) is 9.80. The third kappa shape index (κ3) is 4.24. The first-order chi connectivity index (χ1) is 13.9. The van der Waals surface area contributed by atoms with Gasteiger partial charge in [0.05, 0.1) is 4.90 Å². The molecule has 0 radical (unpaired) electrons. The number of fused-ring (bicyclic) bond motifs is 1. The molecule has 0 bridgehead atoms. The van der Waals surface area contributed by atoms with Gasteiger partial charge in [0.2, 0.25) is 15.9 Å². The quantitative estimate of drug-likeness (QED) is 0.652. The Hall–Kier alpha value is -2.16. The summed E-state index contributed by atoms with van der Waals surface area (Å²) in [6.45, 7) is 1.37. The molecule has 1 saturated heterocycles. The summed E-state index contributed by atoms with van der Waals surface area (Å²) in [4.78, 5) is 14.0. The van der Waals surface area contributed by atoms with Crippen molar-refractivity contribution in [2.24, 2.45) is 13.0 Å². The fourth-order valence-electron chi connectivity index (χ4n) is 3.84. The van der Waals surface area contributed by atoms with E-state index >= 15 is 0 Å². The predicted molar refractivity (Wildman–Crippen MR) is 115 cm³/mol. The van der Waals surface area contributed by atoms with Crippen molar-refractivity contribution in [3.8, 4) is 0 Å². The zero-order chi connectivity index (χ0) is 20.4. The number of hydrogen-bond donors (Lipinski definition) is 1. The van der Waals surface area contributed by atoms with Crippen LogP contribution >= 0.6 is 11.3 Å². The molecule has 1 fully saturated rings. The minimum Gasteiger partial charge on any atom is -0.355 e. The van der Waals surface area contributed by atoms with Crippen LogP contribution in [-0.4, -0.2) is 42.8 Å². The molecule has 0 spiro atoms. The fraction of sp³-hybridized carbons (Fsp3) is 0.381. The number of aryl methyl sites for hydroxylation is 1. The molecule has 0 atom stereocenters. The van der Waals surface area contributed by atoms with Crippen molar-refractivity contribution in [1.29, 1.82) is 0 Å². The number of sulfonamides is 1. The monoisotopic (exact) mass is 431 g/mol. The summed E-state index contributed by atoms with van der Waals surface area (Å²) < 4.78 is 29.5. The maximum absolute atomic E-state index is 13.0. The van der Waals surface area contributed by atoms with Gasteiger partial charge in [-0.05, 0) is 55.0 Å². The van der Waals surface area contributed by atoms with E-state index in [0.717, 1.165) is 17.3 Å². The summed E-state index contributed by atoms with van der Waals surface area (Å²) in [6, 6.07) is 11.2. The van der Waals surface area contributed by atoms with E-state index in [1.165, 1.54) is 9.18 Å². The van der Waals surface area contributed by atoms with E-state index in [0.29, 0.717) is 37.4 Å². The van der Waals surface area contributed by atoms with E-state index in [1.807, 2.05) is 41.4 Å². The van der Waals surface area contributed by atoms with Gasteiger partial charge in [-0.2, -0.15) is 4.31 Å². The summed E-state index contributed by atoms with van der Waals surface area (Å²) in [5.74, 6) is -0.0919. The Kier molecular flexibility index (Phi) is 5.76. The molecule has 1 aliphatic rings. The van der Waals surface area contributed by atoms with Crippen molar-refractivity contribution in [3.05, 3.63) is 52.9 Å². The molecule has 154 valence electrons. The number of carbonyl (C=O) groups excluding carboxylic acids is 1. The van der Waals surface area contributed by atoms with E-state index in [9.17, 15) is 13.2 Å². The van der Waals surface area contributed by atoms with Crippen LogP contribution < -0.4 is 5.32 Å². The van der Waals surface area contributed by atoms with Crippen LogP contribution in [0.3, 0.4) is 0 Å². The molecular formula is C21H25N3O3S2. The first kappa shape index (κ1) is 20.1. The molecule has 1 amide bonds. The van der Waals surface area contributed by atoms with Gasteiger partial charge in [-0.1, -0.05) is 6.07 Å². The SMILES string of the molecule is Cn1ccc2cc(S(=O)(=O)N3CCC(C(=O)NCCc4cccs4)CC3)ccc21. The van der Waals surface area contributed by atoms with E-state index in [1.54, 1.807) is 23.5 Å². The Bertz CT molecular complexity index is 1100. The van der Waals surface area contributed by atoms with Crippen molar-refractivity contribution in [2.75, 3.05) is 19.6 Å². The third-order valence-electron chi connectivity index (χ3n) is 5.57. The molecule has 3 aromatic rings. The number of aromatic nitrogens is 1. The van der Waals surface area contributed by atoms with Gasteiger partial charge < -0.3 is 9.88 Å². The smallest absolute Gasteiger partial charge is 0.243 e. The van der Waals surface area contributed by atoms with Crippen molar-refractivity contribution < 1.29 is 13.2 Å². The van der Waals surface area contributed by atoms with Gasteiger partial charge in [-0.25, -0.2) is 8.42 Å². The standard InChI is InChI=1S/C21H25N3O3S2/c1-23-11-7-17-15-19(4-5-20(17)23)29(26,27)24-12-8-16(9-13-24)21(25)22-10-6-18-3-2-14-28-18/h2-5,7,11,14-16H,6,8-10,12-13H2,1H3,(H,22,25). The number of hydrogen-bond acceptors (Lipinski definition) is 4. The van der Waals surface area contributed by atoms with Gasteiger partial charge in [-0.3, -0.25) is 4.79 Å². The lowest BCUT2D eigenvalue weighted by Crippen LogP contribution is -2.43. The number of amides is 1. The highest BCUT2D eigenvalue weighted by molar-refractivity contribution is 7.89. The minimum absolute atomic E-state index is 0.0318. The van der Waals surface area contributed by atoms with Crippen LogP contribution in [0.25, 0.3) is 10.9 Å².